The van der Waals surface area contributed by atoms with Crippen LogP contribution in [0.2, 0.25) is 0 Å². The molecule has 1 heterocycles. The Balaban J connectivity index is 1.57. The first kappa shape index (κ1) is 25.7. The number of methoxy groups -OCH3 is 2. The van der Waals surface area contributed by atoms with Gasteiger partial charge in [0.2, 0.25) is 0 Å². The van der Waals surface area contributed by atoms with Crippen molar-refractivity contribution in [2.45, 2.75) is 17.9 Å². The van der Waals surface area contributed by atoms with Gasteiger partial charge in [0, 0.05) is 12.1 Å². The topological polar surface area (TPSA) is 144 Å². The number of nitrogens with one attached hydrogen (secondary N) is 2. The first-order chi connectivity index (χ1) is 16.8. The van der Waals surface area contributed by atoms with Gasteiger partial charge >= 0.3 is 5.24 Å². The molecule has 3 rings (SSSR count). The Morgan fingerprint density at radius 3 is 2.29 bits per heavy atom. The number of benzene rings is 2. The molecule has 35 heavy (non-hydrogen) atoms. The highest BCUT2D eigenvalue weighted by molar-refractivity contribution is 8.06. The fourth-order valence-electron chi connectivity index (χ4n) is 3.12. The van der Waals surface area contributed by atoms with Gasteiger partial charge in [-0.3, -0.25) is 14.6 Å². The van der Waals surface area contributed by atoms with Gasteiger partial charge in [-0.25, -0.2) is 8.42 Å². The molecular weight excluding hydrogens is 474 g/mol. The fraction of sp³-hybridized carbons (Fsp3) is 0.208. The van der Waals surface area contributed by atoms with E-state index in [1.807, 2.05) is 0 Å². The molecule has 2 amide bonds. The zero-order chi connectivity index (χ0) is 25.4. The monoisotopic (exact) mass is 499 g/mol. The van der Waals surface area contributed by atoms with E-state index in [9.17, 15) is 18.0 Å². The van der Waals surface area contributed by atoms with Crippen molar-refractivity contribution in [1.29, 1.82) is 0 Å². The highest BCUT2D eigenvalue weighted by atomic mass is 32.2. The van der Waals surface area contributed by atoms with E-state index >= 15 is 0 Å². The van der Waals surface area contributed by atoms with Gasteiger partial charge in [0.15, 0.2) is 11.5 Å². The van der Waals surface area contributed by atoms with Gasteiger partial charge in [0.05, 0.1) is 43.3 Å². The molecule has 10 nitrogen and oxygen atoms in total. The Labute approximate surface area is 202 Å². The normalized spacial score (nSPS) is 10.9. The van der Waals surface area contributed by atoms with Crippen LogP contribution in [-0.2, 0) is 22.9 Å². The number of amides is 2. The Hall–Kier alpha value is -3.96. The number of aliphatic hydroxyl groups is 1. The van der Waals surface area contributed by atoms with E-state index in [1.165, 1.54) is 44.7 Å². The van der Waals surface area contributed by atoms with Gasteiger partial charge in [-0.1, -0.05) is 12.1 Å². The summed E-state index contributed by atoms with van der Waals surface area (Å²) in [6, 6.07) is 13.6. The minimum atomic E-state index is -4.27. The fourth-order valence-corrected chi connectivity index (χ4v) is 4.08. The van der Waals surface area contributed by atoms with Gasteiger partial charge in [-0.15, -0.1) is 0 Å². The van der Waals surface area contributed by atoms with Crippen LogP contribution >= 0.6 is 0 Å². The lowest BCUT2D eigenvalue weighted by atomic mass is 10.1. The molecule has 1 aromatic heterocycles. The Kier molecular flexibility index (Phi) is 8.39. The highest BCUT2D eigenvalue weighted by Crippen LogP contribution is 2.27. The molecule has 0 aliphatic rings. The Morgan fingerprint density at radius 2 is 1.69 bits per heavy atom. The minimum absolute atomic E-state index is 0.159. The van der Waals surface area contributed by atoms with Crippen LogP contribution in [0.4, 0.5) is 10.5 Å². The second-order valence-corrected chi connectivity index (χ2v) is 9.18. The lowest BCUT2D eigenvalue weighted by Gasteiger charge is -2.10. The molecule has 2 aromatic carbocycles. The van der Waals surface area contributed by atoms with Crippen LogP contribution < -0.4 is 20.1 Å². The second kappa shape index (κ2) is 11.4. The number of aromatic nitrogens is 1. The first-order valence-corrected chi connectivity index (χ1v) is 12.0. The van der Waals surface area contributed by atoms with Crippen molar-refractivity contribution in [3.05, 3.63) is 77.6 Å². The average molecular weight is 500 g/mol. The third-order valence-corrected chi connectivity index (χ3v) is 6.54. The van der Waals surface area contributed by atoms with E-state index in [4.69, 9.17) is 14.6 Å². The molecule has 0 saturated carbocycles. The summed E-state index contributed by atoms with van der Waals surface area (Å²) >= 11 is 0. The number of anilines is 1. The molecule has 0 spiro atoms. The molecular formula is C24H25N3O7S. The number of nitrogens with zero attached hydrogens (tertiary/aromatic N) is 1. The van der Waals surface area contributed by atoms with Crippen LogP contribution in [0.1, 0.15) is 21.6 Å². The number of carbonyl (C=O) groups excluding carboxylic acids is 2. The predicted molar refractivity (Wildman–Crippen MR) is 128 cm³/mol. The minimum Gasteiger partial charge on any atom is -0.493 e. The van der Waals surface area contributed by atoms with Crippen molar-refractivity contribution in [1.82, 2.24) is 10.3 Å². The maximum atomic E-state index is 12.6. The van der Waals surface area contributed by atoms with E-state index in [-0.39, 0.29) is 23.1 Å². The molecule has 184 valence electrons. The standard InChI is InChI=1S/C24H25N3O7S/c1-33-21-10-5-17(13-22(21)34-2)23(29)25-12-11-16-3-8-20(9-4-16)35(31,32)24(30)27-18-6-7-19(15-28)26-14-18/h3-10,13-14,28H,11-12,15H2,1-2H3,(H,25,29)(H,27,30). The van der Waals surface area contributed by atoms with Gasteiger partial charge in [0.1, 0.15) is 0 Å². The maximum absolute atomic E-state index is 12.6. The third kappa shape index (κ3) is 6.34. The molecule has 0 atom stereocenters. The molecule has 0 saturated heterocycles. The number of hydrogen-bond donors (Lipinski definition) is 3. The van der Waals surface area contributed by atoms with Crippen LogP contribution in [-0.4, -0.2) is 50.4 Å². The largest absolute Gasteiger partial charge is 0.493 e. The maximum Gasteiger partial charge on any atom is 0.345 e. The van der Waals surface area contributed by atoms with E-state index in [0.717, 1.165) is 5.56 Å². The lowest BCUT2D eigenvalue weighted by Crippen LogP contribution is -2.25. The second-order valence-electron chi connectivity index (χ2n) is 7.33. The zero-order valence-corrected chi connectivity index (χ0v) is 20.0. The Morgan fingerprint density at radius 1 is 0.971 bits per heavy atom. The summed E-state index contributed by atoms with van der Waals surface area (Å²) in [5.74, 6) is 0.673. The summed E-state index contributed by atoms with van der Waals surface area (Å²) in [6.45, 7) is 0.0510. The molecule has 0 bridgehead atoms. The van der Waals surface area contributed by atoms with E-state index in [0.29, 0.717) is 35.7 Å². The summed E-state index contributed by atoms with van der Waals surface area (Å²) in [6.07, 6.45) is 1.72. The van der Waals surface area contributed by atoms with Crippen LogP contribution in [0.25, 0.3) is 0 Å². The average Bonchev–Trinajstić information content (AvgIpc) is 2.88. The van der Waals surface area contributed by atoms with Crippen molar-refractivity contribution in [2.24, 2.45) is 0 Å². The van der Waals surface area contributed by atoms with Crippen molar-refractivity contribution in [3.63, 3.8) is 0 Å². The molecule has 0 aliphatic carbocycles. The summed E-state index contributed by atoms with van der Waals surface area (Å²) in [5.41, 5.74) is 1.77. The number of rotatable bonds is 9. The molecule has 3 N–H and O–H groups in total. The van der Waals surface area contributed by atoms with E-state index < -0.39 is 15.1 Å². The number of carbonyl (C=O) groups is 2. The quantitative estimate of drug-likeness (QED) is 0.408. The lowest BCUT2D eigenvalue weighted by molar-refractivity contribution is 0.0953. The van der Waals surface area contributed by atoms with Gasteiger partial charge in [-0.05, 0) is 54.4 Å². The van der Waals surface area contributed by atoms with Crippen LogP contribution in [0.3, 0.4) is 0 Å². The van der Waals surface area contributed by atoms with Crippen molar-refractivity contribution < 1.29 is 32.6 Å². The van der Waals surface area contributed by atoms with E-state index in [2.05, 4.69) is 15.6 Å². The summed E-state index contributed by atoms with van der Waals surface area (Å²) in [7, 11) is -1.28. The zero-order valence-electron chi connectivity index (χ0n) is 19.1. The van der Waals surface area contributed by atoms with Crippen molar-refractivity contribution in [2.75, 3.05) is 26.1 Å². The summed E-state index contributed by atoms with van der Waals surface area (Å²) in [4.78, 5) is 28.4. The number of hydrogen-bond acceptors (Lipinski definition) is 8. The van der Waals surface area contributed by atoms with Gasteiger partial charge in [-0.2, -0.15) is 0 Å². The van der Waals surface area contributed by atoms with Crippen molar-refractivity contribution in [3.8, 4) is 11.5 Å². The van der Waals surface area contributed by atoms with Crippen LogP contribution in [0.15, 0.2) is 65.7 Å². The highest BCUT2D eigenvalue weighted by Gasteiger charge is 2.25. The molecule has 11 heteroatoms. The van der Waals surface area contributed by atoms with Crippen molar-refractivity contribution >= 4 is 26.7 Å². The number of pyridine rings is 1. The number of sulfone groups is 1. The SMILES string of the molecule is COc1ccc(C(=O)NCCc2ccc(S(=O)(=O)C(=O)Nc3ccc(CO)nc3)cc2)cc1OC. The smallest absolute Gasteiger partial charge is 0.345 e. The summed E-state index contributed by atoms with van der Waals surface area (Å²) < 4.78 is 35.5. The molecule has 0 aliphatic heterocycles. The first-order valence-electron chi connectivity index (χ1n) is 10.5. The number of ether oxygens (including phenoxy) is 2. The van der Waals surface area contributed by atoms with E-state index in [1.54, 1.807) is 30.3 Å². The Bertz CT molecular complexity index is 1290. The molecule has 0 unspecified atom stereocenters. The van der Waals surface area contributed by atoms with Crippen LogP contribution in [0.5, 0.6) is 11.5 Å². The molecule has 0 fully saturated rings. The van der Waals surface area contributed by atoms with Gasteiger partial charge in [0.25, 0.3) is 15.7 Å². The van der Waals surface area contributed by atoms with Crippen LogP contribution in [0, 0.1) is 0 Å². The predicted octanol–water partition coefficient (Wildman–Crippen LogP) is 2.57. The molecule has 3 aromatic rings. The number of aliphatic hydroxyl groups excluding tert-OH is 1. The third-order valence-electron chi connectivity index (χ3n) is 5.06. The van der Waals surface area contributed by atoms with Gasteiger partial charge < -0.3 is 25.2 Å². The molecule has 0 radical (unpaired) electrons. The summed E-state index contributed by atoms with van der Waals surface area (Å²) in [5, 5.41) is 12.9.